The van der Waals surface area contributed by atoms with E-state index in [9.17, 15) is 24.1 Å². The number of anilines is 1. The van der Waals surface area contributed by atoms with Gasteiger partial charge in [0.1, 0.15) is 16.8 Å². The molecule has 12 heteroatoms. The molecule has 0 bridgehead atoms. The second-order valence-corrected chi connectivity index (χ2v) is 7.83. The molecule has 2 N–H and O–H groups in total. The Labute approximate surface area is 185 Å². The van der Waals surface area contributed by atoms with Crippen molar-refractivity contribution in [1.29, 1.82) is 0 Å². The number of nitrogens with zero attached hydrogens (tertiary/aromatic N) is 2. The normalized spacial score (nSPS) is 17.2. The molecular weight excluding hydrogens is 451 g/mol. The van der Waals surface area contributed by atoms with Gasteiger partial charge in [0, 0.05) is 12.5 Å². The van der Waals surface area contributed by atoms with Crippen molar-refractivity contribution in [2.75, 3.05) is 11.9 Å². The number of carbonyl (C=O) groups is 2. The Morgan fingerprint density at radius 2 is 2.19 bits per heavy atom. The van der Waals surface area contributed by atoms with E-state index in [0.29, 0.717) is 5.69 Å². The first-order valence-electron chi connectivity index (χ1n) is 8.99. The first-order chi connectivity index (χ1) is 14.8. The van der Waals surface area contributed by atoms with Crippen molar-refractivity contribution in [3.05, 3.63) is 57.4 Å². The molecule has 31 heavy (non-hydrogen) atoms. The number of amidine groups is 1. The molecule has 0 aromatic heterocycles. The van der Waals surface area contributed by atoms with E-state index < -0.39 is 27.8 Å². The summed E-state index contributed by atoms with van der Waals surface area (Å²) < 4.78 is 18.7. The molecule has 2 amide bonds. The Balaban J connectivity index is 1.78. The average molecular weight is 467 g/mol. The molecule has 1 atom stereocenters. The summed E-state index contributed by atoms with van der Waals surface area (Å²) in [6.07, 6.45) is -0.101. The van der Waals surface area contributed by atoms with Crippen LogP contribution in [0.5, 0.6) is 5.75 Å². The van der Waals surface area contributed by atoms with Gasteiger partial charge < -0.3 is 15.4 Å². The summed E-state index contributed by atoms with van der Waals surface area (Å²) in [7, 11) is 0. The lowest BCUT2D eigenvalue weighted by molar-refractivity contribution is -0.384. The maximum absolute atomic E-state index is 13.3. The number of halogens is 2. The fourth-order valence-electron chi connectivity index (χ4n) is 2.63. The molecule has 0 aliphatic carbocycles. The third-order valence-electron chi connectivity index (χ3n) is 4.03. The molecule has 1 fully saturated rings. The van der Waals surface area contributed by atoms with Crippen molar-refractivity contribution in [1.82, 2.24) is 5.32 Å². The van der Waals surface area contributed by atoms with Crippen LogP contribution in [0.15, 0.2) is 41.4 Å². The Morgan fingerprint density at radius 1 is 1.42 bits per heavy atom. The van der Waals surface area contributed by atoms with E-state index in [1.54, 1.807) is 6.92 Å². The van der Waals surface area contributed by atoms with Crippen LogP contribution < -0.4 is 15.4 Å². The van der Waals surface area contributed by atoms with Gasteiger partial charge in [0.05, 0.1) is 34.0 Å². The minimum atomic E-state index is -0.812. The summed E-state index contributed by atoms with van der Waals surface area (Å²) in [6, 6.07) is 7.64. The van der Waals surface area contributed by atoms with Crippen molar-refractivity contribution < 1.29 is 23.6 Å². The second kappa shape index (κ2) is 9.75. The predicted molar refractivity (Wildman–Crippen MR) is 116 cm³/mol. The van der Waals surface area contributed by atoms with Crippen molar-refractivity contribution in [2.24, 2.45) is 4.99 Å². The van der Waals surface area contributed by atoms with Gasteiger partial charge in [-0.15, -0.1) is 0 Å². The lowest BCUT2D eigenvalue weighted by atomic mass is 10.2. The van der Waals surface area contributed by atoms with Crippen molar-refractivity contribution in [2.45, 2.75) is 18.6 Å². The molecule has 1 heterocycles. The number of thioether (sulfide) groups is 1. The number of amides is 2. The number of non-ortho nitro benzene ring substituents is 1. The van der Waals surface area contributed by atoms with Crippen LogP contribution in [0.4, 0.5) is 21.5 Å². The first kappa shape index (κ1) is 22.5. The van der Waals surface area contributed by atoms with Crippen LogP contribution in [0, 0.1) is 15.9 Å². The lowest BCUT2D eigenvalue weighted by Gasteiger charge is -2.22. The standard InChI is InChI=1S/C19H16ClFN4O5S/c1-2-30-15-8-11(25(28)29)4-6-14(15)23-18(27)16-9-17(26)24-19(31-16)22-10-3-5-13(21)12(20)7-10/h3-8,16H,2,9H2,1H3,(H,23,27)(H,22,24,26)/t16-/m1/s1. The van der Waals surface area contributed by atoms with E-state index in [0.717, 1.165) is 17.8 Å². The average Bonchev–Trinajstić information content (AvgIpc) is 2.71. The summed E-state index contributed by atoms with van der Waals surface area (Å²) in [6.45, 7) is 1.94. The SMILES string of the molecule is CCOc1cc([N+](=O)[O-])ccc1NC(=O)[C@H]1CC(=O)NC(=Nc2ccc(F)c(Cl)c2)S1. The zero-order chi connectivity index (χ0) is 22.5. The van der Waals surface area contributed by atoms with Gasteiger partial charge in [-0.25, -0.2) is 9.38 Å². The zero-order valence-electron chi connectivity index (χ0n) is 16.1. The quantitative estimate of drug-likeness (QED) is 0.489. The van der Waals surface area contributed by atoms with Crippen LogP contribution in [0.2, 0.25) is 5.02 Å². The van der Waals surface area contributed by atoms with Gasteiger partial charge in [0.2, 0.25) is 11.8 Å². The molecule has 9 nitrogen and oxygen atoms in total. The number of rotatable bonds is 6. The van der Waals surface area contributed by atoms with Gasteiger partial charge in [-0.05, 0) is 31.2 Å². The Morgan fingerprint density at radius 3 is 2.87 bits per heavy atom. The fourth-order valence-corrected chi connectivity index (χ4v) is 3.81. The van der Waals surface area contributed by atoms with Gasteiger partial charge in [0.25, 0.3) is 5.69 Å². The van der Waals surface area contributed by atoms with E-state index in [2.05, 4.69) is 15.6 Å². The number of hydrogen-bond donors (Lipinski definition) is 2. The van der Waals surface area contributed by atoms with Crippen molar-refractivity contribution in [3.8, 4) is 5.75 Å². The Bertz CT molecular complexity index is 1080. The van der Waals surface area contributed by atoms with E-state index >= 15 is 0 Å². The van der Waals surface area contributed by atoms with E-state index in [-0.39, 0.29) is 40.3 Å². The summed E-state index contributed by atoms with van der Waals surface area (Å²) in [5, 5.41) is 15.4. The van der Waals surface area contributed by atoms with Gasteiger partial charge in [-0.1, -0.05) is 23.4 Å². The molecule has 2 aromatic carbocycles. The van der Waals surface area contributed by atoms with Crippen LogP contribution in [0.1, 0.15) is 13.3 Å². The third kappa shape index (κ3) is 5.70. The first-order valence-corrected chi connectivity index (χ1v) is 10.2. The van der Waals surface area contributed by atoms with Crippen molar-refractivity contribution >= 4 is 57.4 Å². The maximum Gasteiger partial charge on any atom is 0.273 e. The summed E-state index contributed by atoms with van der Waals surface area (Å²) >= 11 is 6.76. The van der Waals surface area contributed by atoms with Gasteiger partial charge in [-0.3, -0.25) is 19.7 Å². The largest absolute Gasteiger partial charge is 0.491 e. The molecule has 0 spiro atoms. The van der Waals surface area contributed by atoms with Crippen LogP contribution in [-0.4, -0.2) is 33.8 Å². The minimum Gasteiger partial charge on any atom is -0.491 e. The molecule has 1 aliphatic heterocycles. The smallest absolute Gasteiger partial charge is 0.273 e. The minimum absolute atomic E-state index is 0.101. The number of aliphatic imine (C=N–C) groups is 1. The molecule has 3 rings (SSSR count). The molecular formula is C19H16ClFN4O5S. The fraction of sp³-hybridized carbons (Fsp3) is 0.211. The number of carbonyl (C=O) groups excluding carboxylic acids is 2. The number of nitro benzene ring substituents is 1. The summed E-state index contributed by atoms with van der Waals surface area (Å²) in [5.41, 5.74) is 0.373. The van der Waals surface area contributed by atoms with Crippen LogP contribution in [-0.2, 0) is 9.59 Å². The number of nitrogens with one attached hydrogen (secondary N) is 2. The lowest BCUT2D eigenvalue weighted by Crippen LogP contribution is -2.41. The van der Waals surface area contributed by atoms with Crippen LogP contribution in [0.25, 0.3) is 0 Å². The molecule has 1 aliphatic rings. The monoisotopic (exact) mass is 466 g/mol. The van der Waals surface area contributed by atoms with E-state index in [1.165, 1.54) is 30.3 Å². The second-order valence-electron chi connectivity index (χ2n) is 6.23. The number of nitro groups is 1. The highest BCUT2D eigenvalue weighted by Crippen LogP contribution is 2.31. The number of hydrogen-bond acceptors (Lipinski definition) is 7. The topological polar surface area (TPSA) is 123 Å². The molecule has 0 unspecified atom stereocenters. The van der Waals surface area contributed by atoms with Crippen LogP contribution in [0.3, 0.4) is 0 Å². The van der Waals surface area contributed by atoms with Crippen molar-refractivity contribution in [3.63, 3.8) is 0 Å². The highest BCUT2D eigenvalue weighted by Gasteiger charge is 2.31. The Kier molecular flexibility index (Phi) is 7.08. The predicted octanol–water partition coefficient (Wildman–Crippen LogP) is 4.03. The highest BCUT2D eigenvalue weighted by molar-refractivity contribution is 8.15. The van der Waals surface area contributed by atoms with Gasteiger partial charge in [0.15, 0.2) is 5.17 Å². The maximum atomic E-state index is 13.3. The number of benzene rings is 2. The Hall–Kier alpha value is -3.18. The summed E-state index contributed by atoms with van der Waals surface area (Å²) in [5.74, 6) is -1.37. The molecule has 0 saturated carbocycles. The third-order valence-corrected chi connectivity index (χ3v) is 5.40. The summed E-state index contributed by atoms with van der Waals surface area (Å²) in [4.78, 5) is 39.4. The number of ether oxygens (including phenoxy) is 1. The van der Waals surface area contributed by atoms with Gasteiger partial charge in [-0.2, -0.15) is 0 Å². The van der Waals surface area contributed by atoms with Gasteiger partial charge >= 0.3 is 0 Å². The highest BCUT2D eigenvalue weighted by atomic mass is 35.5. The van der Waals surface area contributed by atoms with E-state index in [1.807, 2.05) is 0 Å². The molecule has 1 saturated heterocycles. The van der Waals surface area contributed by atoms with Crippen LogP contribution >= 0.6 is 23.4 Å². The molecule has 2 aromatic rings. The molecule has 0 radical (unpaired) electrons. The zero-order valence-corrected chi connectivity index (χ0v) is 17.6. The van der Waals surface area contributed by atoms with E-state index in [4.69, 9.17) is 16.3 Å². The molecule has 162 valence electrons.